The van der Waals surface area contributed by atoms with Gasteiger partial charge in [-0.1, -0.05) is 0 Å². The first kappa shape index (κ1) is 19.2. The Balaban J connectivity index is 1.33. The molecule has 1 aromatic carbocycles. The number of fused-ring (bicyclic) bond motifs is 1. The summed E-state index contributed by atoms with van der Waals surface area (Å²) < 4.78 is 11.1. The number of likely N-dealkylation sites (tertiary alicyclic amines) is 2. The van der Waals surface area contributed by atoms with Crippen LogP contribution in [0.4, 0.5) is 0 Å². The largest absolute Gasteiger partial charge is 0.486 e. The minimum absolute atomic E-state index is 0.0103. The van der Waals surface area contributed by atoms with Crippen LogP contribution in [0.15, 0.2) is 18.2 Å². The van der Waals surface area contributed by atoms with Crippen molar-refractivity contribution in [3.8, 4) is 11.5 Å². The zero-order chi connectivity index (χ0) is 19.5. The van der Waals surface area contributed by atoms with Crippen molar-refractivity contribution in [3.05, 3.63) is 23.8 Å². The highest BCUT2D eigenvalue weighted by molar-refractivity contribution is 5.98. The number of ether oxygens (including phenoxy) is 2. The van der Waals surface area contributed by atoms with Crippen LogP contribution >= 0.6 is 0 Å². The summed E-state index contributed by atoms with van der Waals surface area (Å²) in [6.07, 6.45) is 5.05. The first-order valence-electron chi connectivity index (χ1n) is 10.6. The number of ketones is 1. The Labute approximate surface area is 166 Å². The second kappa shape index (κ2) is 8.52. The van der Waals surface area contributed by atoms with Gasteiger partial charge in [-0.05, 0) is 70.3 Å². The average Bonchev–Trinajstić information content (AvgIpc) is 2.78. The van der Waals surface area contributed by atoms with Crippen molar-refractivity contribution < 1.29 is 19.1 Å². The van der Waals surface area contributed by atoms with Crippen molar-refractivity contribution in [2.24, 2.45) is 5.92 Å². The predicted molar refractivity (Wildman–Crippen MR) is 106 cm³/mol. The molecular formula is C22H30N2O4. The van der Waals surface area contributed by atoms with E-state index in [-0.39, 0.29) is 23.7 Å². The highest BCUT2D eigenvalue weighted by Gasteiger charge is 2.32. The van der Waals surface area contributed by atoms with E-state index >= 15 is 0 Å². The first-order valence-corrected chi connectivity index (χ1v) is 10.6. The van der Waals surface area contributed by atoms with Crippen molar-refractivity contribution in [1.82, 2.24) is 9.80 Å². The lowest BCUT2D eigenvalue weighted by atomic mass is 9.88. The molecule has 1 amide bonds. The zero-order valence-electron chi connectivity index (χ0n) is 16.7. The number of carbonyl (C=O) groups excluding carboxylic acids is 2. The summed E-state index contributed by atoms with van der Waals surface area (Å²) in [4.78, 5) is 30.0. The van der Waals surface area contributed by atoms with Crippen molar-refractivity contribution >= 4 is 11.7 Å². The van der Waals surface area contributed by atoms with E-state index in [1.807, 2.05) is 30.0 Å². The summed E-state index contributed by atoms with van der Waals surface area (Å²) in [6.45, 7) is 6.45. The standard InChI is InChI=1S/C22H30N2O4/c1-16(22(26)24-9-3-2-4-10-24)23-11-7-17(8-12-23)21(25)18-5-6-19-20(15-18)28-14-13-27-19/h5-6,15-17H,2-4,7-14H2,1H3. The molecule has 2 saturated heterocycles. The fraction of sp³-hybridized carbons (Fsp3) is 0.636. The molecule has 0 spiro atoms. The maximum absolute atomic E-state index is 13.0. The Morgan fingerprint density at radius 3 is 2.36 bits per heavy atom. The molecule has 0 radical (unpaired) electrons. The number of nitrogens with zero attached hydrogens (tertiary/aromatic N) is 2. The van der Waals surface area contributed by atoms with Crippen molar-refractivity contribution in [3.63, 3.8) is 0 Å². The van der Waals surface area contributed by atoms with Crippen molar-refractivity contribution in [1.29, 1.82) is 0 Å². The summed E-state index contributed by atoms with van der Waals surface area (Å²) >= 11 is 0. The summed E-state index contributed by atoms with van der Waals surface area (Å²) in [5.74, 6) is 1.80. The molecule has 0 aromatic heterocycles. The molecule has 3 aliphatic heterocycles. The van der Waals surface area contributed by atoms with Gasteiger partial charge >= 0.3 is 0 Å². The van der Waals surface area contributed by atoms with Crippen LogP contribution in [-0.2, 0) is 4.79 Å². The fourth-order valence-electron chi connectivity index (χ4n) is 4.52. The van der Waals surface area contributed by atoms with Crippen LogP contribution in [0.2, 0.25) is 0 Å². The minimum atomic E-state index is -0.0940. The Hall–Kier alpha value is -2.08. The molecule has 2 fully saturated rings. The molecule has 0 bridgehead atoms. The zero-order valence-corrected chi connectivity index (χ0v) is 16.7. The number of benzene rings is 1. The second-order valence-electron chi connectivity index (χ2n) is 8.09. The van der Waals surface area contributed by atoms with Crippen LogP contribution in [0.25, 0.3) is 0 Å². The topological polar surface area (TPSA) is 59.1 Å². The third-order valence-electron chi connectivity index (χ3n) is 6.30. The van der Waals surface area contributed by atoms with Crippen LogP contribution < -0.4 is 9.47 Å². The normalized spacial score (nSPS) is 22.0. The lowest BCUT2D eigenvalue weighted by Crippen LogP contribution is -2.51. The number of piperidine rings is 2. The molecule has 1 unspecified atom stereocenters. The lowest BCUT2D eigenvalue weighted by Gasteiger charge is -2.38. The average molecular weight is 386 g/mol. The predicted octanol–water partition coefficient (Wildman–Crippen LogP) is 2.75. The second-order valence-corrected chi connectivity index (χ2v) is 8.09. The van der Waals surface area contributed by atoms with Crippen LogP contribution in [0.1, 0.15) is 49.4 Å². The Bertz CT molecular complexity index is 721. The smallest absolute Gasteiger partial charge is 0.239 e. The van der Waals surface area contributed by atoms with E-state index in [1.165, 1.54) is 6.42 Å². The fourth-order valence-corrected chi connectivity index (χ4v) is 4.52. The maximum Gasteiger partial charge on any atom is 0.239 e. The third kappa shape index (κ3) is 4.02. The molecule has 4 rings (SSSR count). The van der Waals surface area contributed by atoms with Crippen LogP contribution in [-0.4, -0.2) is 66.9 Å². The van der Waals surface area contributed by atoms with E-state index in [0.29, 0.717) is 30.3 Å². The van der Waals surface area contributed by atoms with Crippen molar-refractivity contribution in [2.45, 2.75) is 45.1 Å². The van der Waals surface area contributed by atoms with Gasteiger partial charge in [-0.15, -0.1) is 0 Å². The Morgan fingerprint density at radius 1 is 0.964 bits per heavy atom. The summed E-state index contributed by atoms with van der Waals surface area (Å²) in [5, 5.41) is 0. The molecular weight excluding hydrogens is 356 g/mol. The molecule has 0 saturated carbocycles. The number of hydrogen-bond acceptors (Lipinski definition) is 5. The number of amides is 1. The number of Topliss-reactive ketones (excluding diaryl/α,β-unsaturated/α-hetero) is 1. The van der Waals surface area contributed by atoms with Gasteiger partial charge in [-0.25, -0.2) is 0 Å². The molecule has 1 atom stereocenters. The van der Waals surface area contributed by atoms with Crippen LogP contribution in [0.3, 0.4) is 0 Å². The van der Waals surface area contributed by atoms with Gasteiger partial charge in [0.15, 0.2) is 17.3 Å². The molecule has 0 aliphatic carbocycles. The molecule has 152 valence electrons. The van der Waals surface area contributed by atoms with Gasteiger partial charge in [0.1, 0.15) is 13.2 Å². The number of rotatable bonds is 4. The minimum Gasteiger partial charge on any atom is -0.486 e. The summed E-state index contributed by atoms with van der Waals surface area (Å²) in [6, 6.07) is 5.38. The Kier molecular flexibility index (Phi) is 5.85. The van der Waals surface area contributed by atoms with E-state index < -0.39 is 0 Å². The SMILES string of the molecule is CC(C(=O)N1CCCCC1)N1CCC(C(=O)c2ccc3c(c2)OCCO3)CC1. The van der Waals surface area contributed by atoms with E-state index in [9.17, 15) is 9.59 Å². The maximum atomic E-state index is 13.0. The molecule has 6 nitrogen and oxygen atoms in total. The third-order valence-corrected chi connectivity index (χ3v) is 6.30. The van der Waals surface area contributed by atoms with Crippen LogP contribution in [0, 0.1) is 5.92 Å². The van der Waals surface area contributed by atoms with E-state index in [0.717, 1.165) is 51.9 Å². The highest BCUT2D eigenvalue weighted by atomic mass is 16.6. The monoisotopic (exact) mass is 386 g/mol. The quantitative estimate of drug-likeness (QED) is 0.745. The molecule has 28 heavy (non-hydrogen) atoms. The van der Waals surface area contributed by atoms with Gasteiger partial charge in [0.05, 0.1) is 6.04 Å². The van der Waals surface area contributed by atoms with Gasteiger partial charge in [0.2, 0.25) is 5.91 Å². The van der Waals surface area contributed by atoms with Gasteiger partial charge in [-0.2, -0.15) is 0 Å². The summed E-state index contributed by atoms with van der Waals surface area (Å²) in [5.41, 5.74) is 0.695. The van der Waals surface area contributed by atoms with Gasteiger partial charge in [0, 0.05) is 24.6 Å². The molecule has 3 heterocycles. The molecule has 3 aliphatic rings. The van der Waals surface area contributed by atoms with Crippen molar-refractivity contribution in [2.75, 3.05) is 39.4 Å². The highest BCUT2D eigenvalue weighted by Crippen LogP contribution is 2.32. The Morgan fingerprint density at radius 2 is 1.64 bits per heavy atom. The molecule has 1 aromatic rings. The molecule has 6 heteroatoms. The molecule has 0 N–H and O–H groups in total. The lowest BCUT2D eigenvalue weighted by molar-refractivity contribution is -0.137. The number of hydrogen-bond donors (Lipinski definition) is 0. The van der Waals surface area contributed by atoms with E-state index in [1.54, 1.807) is 0 Å². The van der Waals surface area contributed by atoms with Gasteiger partial charge in [0.25, 0.3) is 0 Å². The van der Waals surface area contributed by atoms with E-state index in [4.69, 9.17) is 9.47 Å². The van der Waals surface area contributed by atoms with Gasteiger partial charge in [-0.3, -0.25) is 14.5 Å². The first-order chi connectivity index (χ1) is 13.6. The van der Waals surface area contributed by atoms with E-state index in [2.05, 4.69) is 4.90 Å². The van der Waals surface area contributed by atoms with Gasteiger partial charge < -0.3 is 14.4 Å². The number of carbonyl (C=O) groups is 2. The summed E-state index contributed by atoms with van der Waals surface area (Å²) in [7, 11) is 0. The van der Waals surface area contributed by atoms with Crippen LogP contribution in [0.5, 0.6) is 11.5 Å².